The Kier molecular flexibility index (Phi) is 5.32. The first kappa shape index (κ1) is 15.5. The fraction of sp³-hybridized carbons (Fsp3) is 0.643. The number of rotatable bonds is 7. The molecule has 1 atom stereocenters. The van der Waals surface area contributed by atoms with E-state index >= 15 is 0 Å². The maximum absolute atomic E-state index is 11.6. The lowest BCUT2D eigenvalue weighted by molar-refractivity contribution is -0.127. The molecule has 0 saturated carbocycles. The van der Waals surface area contributed by atoms with Crippen molar-refractivity contribution in [2.45, 2.75) is 32.4 Å². The third-order valence-electron chi connectivity index (χ3n) is 3.55. The molecular formula is C14H22N4O3. The summed E-state index contributed by atoms with van der Waals surface area (Å²) in [5.74, 6) is 1.24. The van der Waals surface area contributed by atoms with E-state index in [0.717, 1.165) is 18.5 Å². The van der Waals surface area contributed by atoms with E-state index < -0.39 is 0 Å². The fourth-order valence-electron chi connectivity index (χ4n) is 2.45. The second-order valence-electron chi connectivity index (χ2n) is 5.10. The van der Waals surface area contributed by atoms with E-state index in [1.54, 1.807) is 14.2 Å². The highest BCUT2D eigenvalue weighted by Crippen LogP contribution is 2.23. The number of nitrogens with zero attached hydrogens (tertiary/aromatic N) is 3. The SMILES string of the molecule is COc1ncnc(OC)c1CNC(C)CN1CCCC1=O. The molecule has 1 amide bonds. The molecule has 1 N–H and O–H groups in total. The zero-order valence-electron chi connectivity index (χ0n) is 12.8. The van der Waals surface area contributed by atoms with Gasteiger partial charge in [-0.2, -0.15) is 0 Å². The van der Waals surface area contributed by atoms with Crippen LogP contribution in [0.3, 0.4) is 0 Å². The van der Waals surface area contributed by atoms with E-state index in [9.17, 15) is 4.79 Å². The highest BCUT2D eigenvalue weighted by atomic mass is 16.5. The van der Waals surface area contributed by atoms with Crippen molar-refractivity contribution in [2.75, 3.05) is 27.3 Å². The monoisotopic (exact) mass is 294 g/mol. The van der Waals surface area contributed by atoms with Crippen LogP contribution in [0.25, 0.3) is 0 Å². The van der Waals surface area contributed by atoms with Gasteiger partial charge in [0.05, 0.1) is 19.8 Å². The van der Waals surface area contributed by atoms with Gasteiger partial charge in [0.2, 0.25) is 17.7 Å². The zero-order valence-corrected chi connectivity index (χ0v) is 12.8. The van der Waals surface area contributed by atoms with E-state index in [1.807, 2.05) is 11.8 Å². The van der Waals surface area contributed by atoms with Crippen molar-refractivity contribution >= 4 is 5.91 Å². The Labute approximate surface area is 124 Å². The van der Waals surface area contributed by atoms with Crippen LogP contribution < -0.4 is 14.8 Å². The number of amides is 1. The van der Waals surface area contributed by atoms with Crippen LogP contribution in [-0.4, -0.2) is 54.1 Å². The lowest BCUT2D eigenvalue weighted by Crippen LogP contribution is -2.39. The molecule has 0 bridgehead atoms. The molecule has 2 rings (SSSR count). The Balaban J connectivity index is 1.94. The molecule has 1 aliphatic rings. The van der Waals surface area contributed by atoms with E-state index in [4.69, 9.17) is 9.47 Å². The number of aromatic nitrogens is 2. The Morgan fingerprint density at radius 1 is 1.33 bits per heavy atom. The third kappa shape index (κ3) is 3.81. The van der Waals surface area contributed by atoms with Crippen LogP contribution in [0.2, 0.25) is 0 Å². The molecule has 0 spiro atoms. The van der Waals surface area contributed by atoms with Gasteiger partial charge in [0.1, 0.15) is 6.33 Å². The minimum Gasteiger partial charge on any atom is -0.481 e. The average Bonchev–Trinajstić information content (AvgIpc) is 2.89. The molecule has 1 aromatic rings. The summed E-state index contributed by atoms with van der Waals surface area (Å²) in [6, 6.07) is 0.168. The molecule has 1 fully saturated rings. The molecule has 116 valence electrons. The second-order valence-corrected chi connectivity index (χ2v) is 5.10. The summed E-state index contributed by atoms with van der Waals surface area (Å²) in [5, 5.41) is 3.36. The first-order chi connectivity index (χ1) is 10.2. The summed E-state index contributed by atoms with van der Waals surface area (Å²) in [6.45, 7) is 4.13. The van der Waals surface area contributed by atoms with Crippen molar-refractivity contribution in [1.82, 2.24) is 20.2 Å². The lowest BCUT2D eigenvalue weighted by Gasteiger charge is -2.22. The van der Waals surface area contributed by atoms with Gasteiger partial charge in [-0.15, -0.1) is 0 Å². The van der Waals surface area contributed by atoms with Crippen molar-refractivity contribution in [2.24, 2.45) is 0 Å². The van der Waals surface area contributed by atoms with Crippen molar-refractivity contribution in [1.29, 1.82) is 0 Å². The Bertz CT molecular complexity index is 473. The lowest BCUT2D eigenvalue weighted by atomic mass is 10.2. The molecule has 0 aromatic carbocycles. The van der Waals surface area contributed by atoms with Gasteiger partial charge >= 0.3 is 0 Å². The van der Waals surface area contributed by atoms with Crippen LogP contribution in [0.4, 0.5) is 0 Å². The Hall–Kier alpha value is -1.89. The summed E-state index contributed by atoms with van der Waals surface area (Å²) < 4.78 is 10.5. The van der Waals surface area contributed by atoms with Gasteiger partial charge in [0.15, 0.2) is 0 Å². The number of carbonyl (C=O) groups is 1. The summed E-state index contributed by atoms with van der Waals surface area (Å²) in [4.78, 5) is 21.7. The van der Waals surface area contributed by atoms with Crippen molar-refractivity contribution in [3.8, 4) is 11.8 Å². The molecule has 0 radical (unpaired) electrons. The molecule has 0 aliphatic carbocycles. The normalized spacial score (nSPS) is 16.1. The molecule has 1 aliphatic heterocycles. The smallest absolute Gasteiger partial charge is 0.224 e. The predicted octanol–water partition coefficient (Wildman–Crippen LogP) is 0.594. The van der Waals surface area contributed by atoms with Crippen molar-refractivity contribution in [3.05, 3.63) is 11.9 Å². The first-order valence-corrected chi connectivity index (χ1v) is 7.08. The maximum atomic E-state index is 11.6. The van der Waals surface area contributed by atoms with Gasteiger partial charge in [-0.3, -0.25) is 4.79 Å². The van der Waals surface area contributed by atoms with E-state index in [1.165, 1.54) is 6.33 Å². The number of methoxy groups -OCH3 is 2. The van der Waals surface area contributed by atoms with Gasteiger partial charge < -0.3 is 19.7 Å². The van der Waals surface area contributed by atoms with Crippen LogP contribution >= 0.6 is 0 Å². The highest BCUT2D eigenvalue weighted by molar-refractivity contribution is 5.78. The van der Waals surface area contributed by atoms with E-state index in [2.05, 4.69) is 15.3 Å². The predicted molar refractivity (Wildman–Crippen MR) is 77.3 cm³/mol. The minimum atomic E-state index is 0.168. The van der Waals surface area contributed by atoms with Crippen LogP contribution in [0.5, 0.6) is 11.8 Å². The first-order valence-electron chi connectivity index (χ1n) is 7.08. The average molecular weight is 294 g/mol. The molecule has 1 saturated heterocycles. The number of ether oxygens (including phenoxy) is 2. The van der Waals surface area contributed by atoms with Gasteiger partial charge in [-0.25, -0.2) is 9.97 Å². The van der Waals surface area contributed by atoms with Crippen LogP contribution in [0.15, 0.2) is 6.33 Å². The topological polar surface area (TPSA) is 76.6 Å². The molecule has 7 heteroatoms. The number of nitrogens with one attached hydrogen (secondary N) is 1. The fourth-order valence-corrected chi connectivity index (χ4v) is 2.45. The standard InChI is InChI=1S/C14H22N4O3/c1-10(8-18-6-4-5-12(18)19)15-7-11-13(20-2)16-9-17-14(11)21-3/h9-10,15H,4-8H2,1-3H3. The summed E-state index contributed by atoms with van der Waals surface area (Å²) in [7, 11) is 3.13. The Morgan fingerprint density at radius 3 is 2.52 bits per heavy atom. The van der Waals surface area contributed by atoms with Crippen molar-refractivity contribution in [3.63, 3.8) is 0 Å². The molecule has 2 heterocycles. The quantitative estimate of drug-likeness (QED) is 0.793. The van der Waals surface area contributed by atoms with Gasteiger partial charge in [-0.05, 0) is 13.3 Å². The number of likely N-dealkylation sites (tertiary alicyclic amines) is 1. The summed E-state index contributed by atoms with van der Waals surface area (Å²) >= 11 is 0. The third-order valence-corrected chi connectivity index (χ3v) is 3.55. The van der Waals surface area contributed by atoms with Gasteiger partial charge in [-0.1, -0.05) is 0 Å². The second kappa shape index (κ2) is 7.21. The minimum absolute atomic E-state index is 0.168. The van der Waals surface area contributed by atoms with Crippen LogP contribution in [-0.2, 0) is 11.3 Å². The zero-order chi connectivity index (χ0) is 15.2. The number of carbonyl (C=O) groups excluding carboxylic acids is 1. The summed E-state index contributed by atoms with van der Waals surface area (Å²) in [6.07, 6.45) is 3.04. The highest BCUT2D eigenvalue weighted by Gasteiger charge is 2.22. The van der Waals surface area contributed by atoms with Crippen molar-refractivity contribution < 1.29 is 14.3 Å². The van der Waals surface area contributed by atoms with E-state index in [-0.39, 0.29) is 11.9 Å². The van der Waals surface area contributed by atoms with Gasteiger partial charge in [0.25, 0.3) is 0 Å². The van der Waals surface area contributed by atoms with E-state index in [0.29, 0.717) is 31.3 Å². The van der Waals surface area contributed by atoms with Gasteiger partial charge in [0, 0.05) is 32.1 Å². The van der Waals surface area contributed by atoms with Crippen LogP contribution in [0, 0.1) is 0 Å². The molecule has 7 nitrogen and oxygen atoms in total. The molecule has 21 heavy (non-hydrogen) atoms. The number of hydrogen-bond donors (Lipinski definition) is 1. The molecular weight excluding hydrogens is 272 g/mol. The maximum Gasteiger partial charge on any atom is 0.224 e. The Morgan fingerprint density at radius 2 is 2.00 bits per heavy atom. The molecule has 1 aromatic heterocycles. The molecule has 1 unspecified atom stereocenters. The summed E-state index contributed by atoms with van der Waals surface area (Å²) in [5.41, 5.74) is 0.780. The number of hydrogen-bond acceptors (Lipinski definition) is 6. The largest absolute Gasteiger partial charge is 0.481 e. The van der Waals surface area contributed by atoms with Crippen LogP contribution in [0.1, 0.15) is 25.3 Å².